The molecule has 9 heteroatoms. The number of alkyl halides is 1. The van der Waals surface area contributed by atoms with Crippen molar-refractivity contribution in [1.82, 2.24) is 0 Å². The monoisotopic (exact) mass is 239 g/mol. The van der Waals surface area contributed by atoms with Crippen molar-refractivity contribution in [2.75, 3.05) is 6.61 Å². The maximum Gasteiger partial charge on any atom is 0.183 e. The van der Waals surface area contributed by atoms with Crippen molar-refractivity contribution in [2.45, 2.75) is 29.6 Å². The van der Waals surface area contributed by atoms with Crippen LogP contribution in [0.3, 0.4) is 0 Å². The first kappa shape index (κ1) is 12.5. The topological polar surface area (TPSA) is 139 Å². The molecule has 0 radical (unpaired) electrons. The van der Waals surface area contributed by atoms with Gasteiger partial charge in [0.25, 0.3) is 0 Å². The predicted octanol–water partition coefficient (Wildman–Crippen LogP) is -1.34. The molecule has 0 aromatic rings. The van der Waals surface area contributed by atoms with Gasteiger partial charge in [-0.3, -0.25) is 0 Å². The highest BCUT2D eigenvalue weighted by Crippen LogP contribution is 2.36. The molecule has 86 valence electrons. The molecule has 1 rings (SSSR count). The summed E-state index contributed by atoms with van der Waals surface area (Å²) in [4.78, 5) is 0.207. The van der Waals surface area contributed by atoms with Crippen LogP contribution in [0.2, 0.25) is 0 Å². The highest BCUT2D eigenvalue weighted by Gasteiger charge is 2.54. The maximum absolute atomic E-state index is 9.55. The van der Waals surface area contributed by atoms with E-state index in [4.69, 9.17) is 22.2 Å². The van der Waals surface area contributed by atoms with Crippen molar-refractivity contribution in [1.29, 1.82) is 0 Å². The average molecular weight is 240 g/mol. The summed E-state index contributed by atoms with van der Waals surface area (Å²) < 4.78 is 4.64. The van der Waals surface area contributed by atoms with E-state index in [0.29, 0.717) is 0 Å². The zero-order valence-corrected chi connectivity index (χ0v) is 8.19. The number of hydrogen-bond donors (Lipinski definition) is 4. The minimum absolute atomic E-state index is 0.639. The summed E-state index contributed by atoms with van der Waals surface area (Å²) in [7, 11) is 0. The van der Waals surface area contributed by atoms with Crippen LogP contribution in [0.1, 0.15) is 0 Å². The van der Waals surface area contributed by atoms with Crippen molar-refractivity contribution in [3.8, 4) is 0 Å². The molecule has 1 aliphatic heterocycles. The molecule has 8 nitrogen and oxygen atoms in total. The van der Waals surface area contributed by atoms with E-state index >= 15 is 0 Å². The zero-order chi connectivity index (χ0) is 11.6. The Morgan fingerprint density at radius 2 is 2.00 bits per heavy atom. The maximum atomic E-state index is 9.55. The molecule has 0 aliphatic carbocycles. The molecule has 4 N–H and O–H groups in total. The number of hydrogen-bond acceptors (Lipinski definition) is 6. The van der Waals surface area contributed by atoms with Crippen LogP contribution >= 0.6 is 11.6 Å². The third kappa shape index (κ3) is 2.01. The van der Waals surface area contributed by atoms with Crippen LogP contribution in [-0.4, -0.2) is 56.6 Å². The molecule has 1 aliphatic rings. The van der Waals surface area contributed by atoms with Crippen LogP contribution < -0.4 is 0 Å². The Labute approximate surface area is 89.3 Å². The van der Waals surface area contributed by atoms with Gasteiger partial charge < -0.3 is 25.2 Å². The zero-order valence-electron chi connectivity index (χ0n) is 7.43. The number of nitrogens with zero attached hydrogens (tertiary/aromatic N) is 3. The van der Waals surface area contributed by atoms with Crippen LogP contribution in [0.5, 0.6) is 0 Å². The van der Waals surface area contributed by atoms with E-state index in [2.05, 4.69) is 14.8 Å². The number of ether oxygens (including phenoxy) is 1. The Kier molecular flexibility index (Phi) is 3.74. The Bertz CT molecular complexity index is 286. The fraction of sp³-hybridized carbons (Fsp3) is 1.00. The quantitative estimate of drug-likeness (QED) is 0.155. The Morgan fingerprint density at radius 1 is 1.40 bits per heavy atom. The van der Waals surface area contributed by atoms with Gasteiger partial charge in [0, 0.05) is 4.91 Å². The largest absolute Gasteiger partial charge is 0.394 e. The van der Waals surface area contributed by atoms with Crippen LogP contribution in [0.15, 0.2) is 5.11 Å². The van der Waals surface area contributed by atoms with Gasteiger partial charge in [0.2, 0.25) is 0 Å². The lowest BCUT2D eigenvalue weighted by Gasteiger charge is -2.43. The number of azide groups is 1. The van der Waals surface area contributed by atoms with Gasteiger partial charge in [-0.25, -0.2) is 0 Å². The minimum Gasteiger partial charge on any atom is -0.394 e. The van der Waals surface area contributed by atoms with E-state index in [1.54, 1.807) is 0 Å². The Hall–Kier alpha value is -0.600. The Balaban J connectivity index is 3.03. The second-order valence-corrected chi connectivity index (χ2v) is 3.66. The molecule has 1 fully saturated rings. The summed E-state index contributed by atoms with van der Waals surface area (Å²) in [5, 5.41) is 40.0. The molecule has 0 amide bonds. The van der Waals surface area contributed by atoms with Gasteiger partial charge in [0.1, 0.15) is 18.3 Å². The van der Waals surface area contributed by atoms with Crippen molar-refractivity contribution < 1.29 is 25.2 Å². The third-order valence-corrected chi connectivity index (χ3v) is 2.67. The van der Waals surface area contributed by atoms with Crippen LogP contribution in [-0.2, 0) is 4.74 Å². The first-order valence-electron chi connectivity index (χ1n) is 4.03. The summed E-state index contributed by atoms with van der Waals surface area (Å²) in [6, 6.07) is 0. The summed E-state index contributed by atoms with van der Waals surface area (Å²) in [6.45, 7) is -0.639. The first-order chi connectivity index (χ1) is 6.97. The molecule has 0 aromatic heterocycles. The molecule has 0 saturated carbocycles. The summed E-state index contributed by atoms with van der Waals surface area (Å²) in [5.74, 6) is 0. The molecule has 1 saturated heterocycles. The van der Waals surface area contributed by atoms with Gasteiger partial charge >= 0.3 is 0 Å². The number of aliphatic hydroxyl groups is 4. The van der Waals surface area contributed by atoms with Gasteiger partial charge in [0.05, 0.1) is 6.61 Å². The molecule has 0 aromatic carbocycles. The molecule has 15 heavy (non-hydrogen) atoms. The first-order valence-corrected chi connectivity index (χ1v) is 4.41. The summed E-state index contributed by atoms with van der Waals surface area (Å²) in [5.41, 5.74) is 8.23. The second-order valence-electron chi connectivity index (χ2n) is 3.05. The molecule has 5 atom stereocenters. The number of halogens is 1. The standard InChI is InChI=1S/C6H10ClN3O5/c7-6(9-10-8)3(12)2(1-11)15-5(14)4(6)13/h2-5,11-14H,1H2/t2-,3+,4+,5?,6+/m1/s1. The lowest BCUT2D eigenvalue weighted by Crippen LogP contribution is -2.63. The van der Waals surface area contributed by atoms with Crippen molar-refractivity contribution >= 4 is 11.6 Å². The van der Waals surface area contributed by atoms with E-state index in [0.717, 1.165) is 0 Å². The van der Waals surface area contributed by atoms with Crippen LogP contribution in [0, 0.1) is 0 Å². The second kappa shape index (κ2) is 4.50. The van der Waals surface area contributed by atoms with Gasteiger partial charge in [0.15, 0.2) is 11.3 Å². The van der Waals surface area contributed by atoms with Crippen molar-refractivity contribution in [3.05, 3.63) is 10.4 Å². The van der Waals surface area contributed by atoms with Crippen LogP contribution in [0.4, 0.5) is 0 Å². The summed E-state index contributed by atoms with van der Waals surface area (Å²) >= 11 is 5.67. The van der Waals surface area contributed by atoms with Gasteiger partial charge in [-0.2, -0.15) is 0 Å². The normalized spacial score (nSPS) is 45.9. The number of aliphatic hydroxyl groups excluding tert-OH is 4. The van der Waals surface area contributed by atoms with Crippen LogP contribution in [0.25, 0.3) is 10.4 Å². The SMILES string of the molecule is [N-]=[N+]=N[C@]1(Cl)[C@@H](O)C(O)O[C@H](CO)[C@@H]1O. The Morgan fingerprint density at radius 3 is 2.47 bits per heavy atom. The van der Waals surface area contributed by atoms with E-state index in [-0.39, 0.29) is 0 Å². The number of rotatable bonds is 2. The van der Waals surface area contributed by atoms with E-state index < -0.39 is 36.2 Å². The molecule has 0 bridgehead atoms. The molecular formula is C6H10ClN3O5. The molecule has 0 spiro atoms. The van der Waals surface area contributed by atoms with E-state index in [1.165, 1.54) is 0 Å². The molecule has 1 unspecified atom stereocenters. The molecule has 1 heterocycles. The summed E-state index contributed by atoms with van der Waals surface area (Å²) in [6.07, 6.45) is -6.38. The van der Waals surface area contributed by atoms with E-state index in [9.17, 15) is 15.3 Å². The molecular weight excluding hydrogens is 230 g/mol. The fourth-order valence-electron chi connectivity index (χ4n) is 1.29. The van der Waals surface area contributed by atoms with Gasteiger partial charge in [-0.15, -0.1) is 11.6 Å². The van der Waals surface area contributed by atoms with Crippen molar-refractivity contribution in [3.63, 3.8) is 0 Å². The predicted molar refractivity (Wildman–Crippen MR) is 47.7 cm³/mol. The smallest absolute Gasteiger partial charge is 0.183 e. The van der Waals surface area contributed by atoms with Crippen molar-refractivity contribution in [2.24, 2.45) is 5.11 Å². The fourth-order valence-corrected chi connectivity index (χ4v) is 1.58. The van der Waals surface area contributed by atoms with E-state index in [1.807, 2.05) is 0 Å². The minimum atomic E-state index is -2.15. The lowest BCUT2D eigenvalue weighted by molar-refractivity contribution is -0.265. The highest BCUT2D eigenvalue weighted by atomic mass is 35.5. The van der Waals surface area contributed by atoms with Gasteiger partial charge in [-0.05, 0) is 5.53 Å². The van der Waals surface area contributed by atoms with Gasteiger partial charge in [-0.1, -0.05) is 5.11 Å². The highest BCUT2D eigenvalue weighted by molar-refractivity contribution is 6.24. The lowest BCUT2D eigenvalue weighted by atomic mass is 9.96. The third-order valence-electron chi connectivity index (χ3n) is 2.14. The average Bonchev–Trinajstić information content (AvgIpc) is 2.21.